The molecular formula is C25H21NS. The molecule has 132 valence electrons. The normalized spacial score (nSPS) is 11.0. The zero-order valence-electron chi connectivity index (χ0n) is 15.2. The molecule has 0 radical (unpaired) electrons. The van der Waals surface area contributed by atoms with Crippen LogP contribution in [-0.2, 0) is 0 Å². The van der Waals surface area contributed by atoms with Gasteiger partial charge in [0.15, 0.2) is 0 Å². The van der Waals surface area contributed by atoms with E-state index in [0.29, 0.717) is 0 Å². The average Bonchev–Trinajstić information content (AvgIpc) is 3.13. The predicted octanol–water partition coefficient (Wildman–Crippen LogP) is 7.70. The smallest absolute Gasteiger partial charge is 0.0467 e. The van der Waals surface area contributed by atoms with Crippen molar-refractivity contribution >= 4 is 40.6 Å². The van der Waals surface area contributed by atoms with Crippen molar-refractivity contribution in [3.05, 3.63) is 112 Å². The summed E-state index contributed by atoms with van der Waals surface area (Å²) in [5.74, 6) is 0. The SMILES string of the molecule is Cc1cscc1C=Cc1cccc(N(c2ccccc2)c2ccccc2)c1. The number of nitrogens with zero attached hydrogens (tertiary/aromatic N) is 1. The zero-order chi connectivity index (χ0) is 18.5. The maximum absolute atomic E-state index is 2.28. The van der Waals surface area contributed by atoms with Crippen molar-refractivity contribution in [3.63, 3.8) is 0 Å². The van der Waals surface area contributed by atoms with Crippen molar-refractivity contribution in [3.8, 4) is 0 Å². The predicted molar refractivity (Wildman–Crippen MR) is 119 cm³/mol. The molecule has 4 rings (SSSR count). The molecule has 0 aliphatic carbocycles. The van der Waals surface area contributed by atoms with E-state index in [-0.39, 0.29) is 0 Å². The van der Waals surface area contributed by atoms with E-state index in [1.54, 1.807) is 11.3 Å². The van der Waals surface area contributed by atoms with Gasteiger partial charge in [0.05, 0.1) is 0 Å². The van der Waals surface area contributed by atoms with Crippen LogP contribution in [0.2, 0.25) is 0 Å². The molecule has 0 N–H and O–H groups in total. The van der Waals surface area contributed by atoms with Crippen molar-refractivity contribution in [2.45, 2.75) is 6.92 Å². The Labute approximate surface area is 164 Å². The summed E-state index contributed by atoms with van der Waals surface area (Å²) in [4.78, 5) is 2.28. The van der Waals surface area contributed by atoms with E-state index < -0.39 is 0 Å². The third-order valence-corrected chi connectivity index (χ3v) is 5.39. The first-order valence-corrected chi connectivity index (χ1v) is 9.97. The summed E-state index contributed by atoms with van der Waals surface area (Å²) in [5.41, 5.74) is 7.25. The second kappa shape index (κ2) is 8.07. The largest absolute Gasteiger partial charge is 0.310 e. The van der Waals surface area contributed by atoms with E-state index in [2.05, 4.69) is 120 Å². The quantitative estimate of drug-likeness (QED) is 0.349. The molecule has 0 bridgehead atoms. The van der Waals surface area contributed by atoms with Crippen LogP contribution in [0.5, 0.6) is 0 Å². The second-order valence-electron chi connectivity index (χ2n) is 6.44. The highest BCUT2D eigenvalue weighted by Gasteiger charge is 2.11. The molecule has 0 amide bonds. The number of anilines is 3. The minimum Gasteiger partial charge on any atom is -0.310 e. The molecule has 0 atom stereocenters. The highest BCUT2D eigenvalue weighted by atomic mass is 32.1. The lowest BCUT2D eigenvalue weighted by atomic mass is 10.1. The van der Waals surface area contributed by atoms with Gasteiger partial charge in [-0.1, -0.05) is 60.7 Å². The molecule has 0 aliphatic rings. The van der Waals surface area contributed by atoms with E-state index >= 15 is 0 Å². The Hall–Kier alpha value is -3.10. The lowest BCUT2D eigenvalue weighted by Crippen LogP contribution is -2.09. The van der Waals surface area contributed by atoms with Crippen molar-refractivity contribution in [1.82, 2.24) is 0 Å². The van der Waals surface area contributed by atoms with Gasteiger partial charge in [-0.2, -0.15) is 11.3 Å². The van der Waals surface area contributed by atoms with Gasteiger partial charge in [-0.3, -0.25) is 0 Å². The van der Waals surface area contributed by atoms with Gasteiger partial charge >= 0.3 is 0 Å². The monoisotopic (exact) mass is 367 g/mol. The number of hydrogen-bond donors (Lipinski definition) is 0. The fourth-order valence-corrected chi connectivity index (χ4v) is 3.92. The van der Waals surface area contributed by atoms with Crippen LogP contribution in [0.25, 0.3) is 12.2 Å². The van der Waals surface area contributed by atoms with Gasteiger partial charge in [-0.25, -0.2) is 0 Å². The van der Waals surface area contributed by atoms with Crippen molar-refractivity contribution in [2.24, 2.45) is 0 Å². The Kier molecular flexibility index (Phi) is 5.17. The van der Waals surface area contributed by atoms with Crippen LogP contribution in [0.4, 0.5) is 17.1 Å². The maximum Gasteiger partial charge on any atom is 0.0467 e. The summed E-state index contributed by atoms with van der Waals surface area (Å²) >= 11 is 1.74. The lowest BCUT2D eigenvalue weighted by molar-refractivity contribution is 1.28. The topological polar surface area (TPSA) is 3.24 Å². The summed E-state index contributed by atoms with van der Waals surface area (Å²) in [6.45, 7) is 2.15. The first-order chi connectivity index (χ1) is 13.3. The lowest BCUT2D eigenvalue weighted by Gasteiger charge is -2.25. The van der Waals surface area contributed by atoms with E-state index in [1.165, 1.54) is 16.7 Å². The Bertz CT molecular complexity index is 993. The summed E-state index contributed by atoms with van der Waals surface area (Å²) in [5, 5.41) is 4.37. The summed E-state index contributed by atoms with van der Waals surface area (Å²) < 4.78 is 0. The minimum atomic E-state index is 1.15. The highest BCUT2D eigenvalue weighted by molar-refractivity contribution is 7.08. The van der Waals surface area contributed by atoms with Crippen molar-refractivity contribution in [1.29, 1.82) is 0 Å². The second-order valence-corrected chi connectivity index (χ2v) is 7.19. The van der Waals surface area contributed by atoms with E-state index in [1.807, 2.05) is 0 Å². The fourth-order valence-electron chi connectivity index (χ4n) is 3.10. The Balaban J connectivity index is 1.73. The maximum atomic E-state index is 2.28. The molecule has 4 aromatic rings. The van der Waals surface area contributed by atoms with Crippen LogP contribution in [0.15, 0.2) is 95.7 Å². The summed E-state index contributed by atoms with van der Waals surface area (Å²) in [6, 6.07) is 29.6. The zero-order valence-corrected chi connectivity index (χ0v) is 16.1. The average molecular weight is 368 g/mol. The molecule has 1 heterocycles. The molecule has 1 aromatic heterocycles. The number of benzene rings is 3. The molecule has 0 spiro atoms. The molecule has 0 aliphatic heterocycles. The molecule has 0 saturated carbocycles. The first kappa shape index (κ1) is 17.3. The van der Waals surface area contributed by atoms with Crippen LogP contribution in [0.1, 0.15) is 16.7 Å². The summed E-state index contributed by atoms with van der Waals surface area (Å²) in [6.07, 6.45) is 4.38. The van der Waals surface area contributed by atoms with E-state index in [4.69, 9.17) is 0 Å². The number of rotatable bonds is 5. The molecule has 3 aromatic carbocycles. The molecule has 27 heavy (non-hydrogen) atoms. The third-order valence-electron chi connectivity index (χ3n) is 4.51. The molecule has 2 heteroatoms. The standard InChI is InChI=1S/C25H21NS/c1-20-18-27-19-22(20)16-15-21-9-8-14-25(17-21)26(23-10-4-2-5-11-23)24-12-6-3-7-13-24/h2-19H,1H3. The number of thiophene rings is 1. The minimum absolute atomic E-state index is 1.15. The van der Waals surface area contributed by atoms with Gasteiger partial charge in [0.1, 0.15) is 0 Å². The Morgan fingerprint density at radius 3 is 1.89 bits per heavy atom. The third kappa shape index (κ3) is 4.02. The molecule has 0 fully saturated rings. The van der Waals surface area contributed by atoms with Crippen molar-refractivity contribution in [2.75, 3.05) is 4.90 Å². The van der Waals surface area contributed by atoms with Gasteiger partial charge in [0.25, 0.3) is 0 Å². The fraction of sp³-hybridized carbons (Fsp3) is 0.0400. The van der Waals surface area contributed by atoms with E-state index in [9.17, 15) is 0 Å². The first-order valence-electron chi connectivity index (χ1n) is 9.02. The van der Waals surface area contributed by atoms with Gasteiger partial charge in [-0.05, 0) is 70.8 Å². The van der Waals surface area contributed by atoms with Crippen molar-refractivity contribution < 1.29 is 0 Å². The van der Waals surface area contributed by atoms with Crippen LogP contribution in [0.3, 0.4) is 0 Å². The van der Waals surface area contributed by atoms with Crippen LogP contribution < -0.4 is 4.90 Å². The van der Waals surface area contributed by atoms with Crippen LogP contribution in [0, 0.1) is 6.92 Å². The Morgan fingerprint density at radius 1 is 0.667 bits per heavy atom. The van der Waals surface area contributed by atoms with Crippen LogP contribution in [-0.4, -0.2) is 0 Å². The van der Waals surface area contributed by atoms with Gasteiger partial charge in [0, 0.05) is 17.1 Å². The Morgan fingerprint density at radius 2 is 1.30 bits per heavy atom. The van der Waals surface area contributed by atoms with Gasteiger partial charge in [-0.15, -0.1) is 0 Å². The van der Waals surface area contributed by atoms with E-state index in [0.717, 1.165) is 17.1 Å². The summed E-state index contributed by atoms with van der Waals surface area (Å²) in [7, 11) is 0. The van der Waals surface area contributed by atoms with Gasteiger partial charge in [0.2, 0.25) is 0 Å². The molecule has 0 unspecified atom stereocenters. The number of para-hydroxylation sites is 2. The van der Waals surface area contributed by atoms with Gasteiger partial charge < -0.3 is 4.90 Å². The number of hydrogen-bond acceptors (Lipinski definition) is 2. The molecule has 0 saturated heterocycles. The molecule has 1 nitrogen and oxygen atoms in total. The number of aryl methyl sites for hydroxylation is 1. The molecular weight excluding hydrogens is 346 g/mol. The highest BCUT2D eigenvalue weighted by Crippen LogP contribution is 2.34. The van der Waals surface area contributed by atoms with Crippen LogP contribution >= 0.6 is 11.3 Å².